The van der Waals surface area contributed by atoms with E-state index in [4.69, 9.17) is 5.73 Å². The summed E-state index contributed by atoms with van der Waals surface area (Å²) in [5.74, 6) is -1.26. The molecule has 1 unspecified atom stereocenters. The molecule has 0 bridgehead atoms. The Kier molecular flexibility index (Phi) is 4.55. The summed E-state index contributed by atoms with van der Waals surface area (Å²) in [7, 11) is 0. The van der Waals surface area contributed by atoms with Gasteiger partial charge < -0.3 is 11.1 Å². The van der Waals surface area contributed by atoms with Crippen molar-refractivity contribution in [1.82, 2.24) is 0 Å². The number of rotatable bonds is 5. The fourth-order valence-electron chi connectivity index (χ4n) is 1.39. The lowest BCUT2D eigenvalue weighted by atomic mass is 9.86. The van der Waals surface area contributed by atoms with E-state index < -0.39 is 22.1 Å². The van der Waals surface area contributed by atoms with Crippen LogP contribution < -0.4 is 11.1 Å². The SMILES string of the molecule is CCC(C)(CN)C(=O)Nc1ccc([N+](=O)[O-])cc1F. The Labute approximate surface area is 109 Å². The minimum atomic E-state index is -0.849. The van der Waals surface area contributed by atoms with E-state index in [9.17, 15) is 19.3 Å². The number of carbonyl (C=O) groups is 1. The summed E-state index contributed by atoms with van der Waals surface area (Å²) in [6.45, 7) is 3.61. The van der Waals surface area contributed by atoms with Crippen LogP contribution in [0, 0.1) is 21.3 Å². The van der Waals surface area contributed by atoms with Crippen molar-refractivity contribution in [2.45, 2.75) is 20.3 Å². The largest absolute Gasteiger partial charge is 0.329 e. The highest BCUT2D eigenvalue weighted by atomic mass is 19.1. The molecular formula is C12H16FN3O3. The molecule has 0 aliphatic heterocycles. The van der Waals surface area contributed by atoms with Gasteiger partial charge in [0.1, 0.15) is 0 Å². The molecule has 3 N–H and O–H groups in total. The van der Waals surface area contributed by atoms with Gasteiger partial charge in [0.05, 0.1) is 22.1 Å². The molecule has 7 heteroatoms. The average Bonchev–Trinajstić information content (AvgIpc) is 2.39. The first-order valence-electron chi connectivity index (χ1n) is 5.79. The number of amides is 1. The van der Waals surface area contributed by atoms with Crippen LogP contribution in [0.3, 0.4) is 0 Å². The fraction of sp³-hybridized carbons (Fsp3) is 0.417. The van der Waals surface area contributed by atoms with E-state index in [1.807, 2.05) is 0 Å². The second kappa shape index (κ2) is 5.75. The predicted molar refractivity (Wildman–Crippen MR) is 69.1 cm³/mol. The molecule has 6 nitrogen and oxygen atoms in total. The molecule has 0 saturated carbocycles. The number of nitro benzene ring substituents is 1. The fourth-order valence-corrected chi connectivity index (χ4v) is 1.39. The lowest BCUT2D eigenvalue weighted by Gasteiger charge is -2.24. The third-order valence-corrected chi connectivity index (χ3v) is 3.19. The minimum Gasteiger partial charge on any atom is -0.329 e. The van der Waals surface area contributed by atoms with E-state index in [1.165, 1.54) is 0 Å². The first-order valence-corrected chi connectivity index (χ1v) is 5.79. The molecule has 0 aliphatic carbocycles. The summed E-state index contributed by atoms with van der Waals surface area (Å²) < 4.78 is 13.6. The highest BCUT2D eigenvalue weighted by Gasteiger charge is 2.30. The van der Waals surface area contributed by atoms with E-state index in [1.54, 1.807) is 13.8 Å². The zero-order chi connectivity index (χ0) is 14.6. The number of carbonyl (C=O) groups excluding carboxylic acids is 1. The van der Waals surface area contributed by atoms with Crippen LogP contribution in [0.15, 0.2) is 18.2 Å². The zero-order valence-corrected chi connectivity index (χ0v) is 10.8. The van der Waals surface area contributed by atoms with Crippen LogP contribution in [0.2, 0.25) is 0 Å². The summed E-state index contributed by atoms with van der Waals surface area (Å²) in [5, 5.41) is 12.9. The van der Waals surface area contributed by atoms with Crippen molar-refractivity contribution in [2.24, 2.45) is 11.1 Å². The van der Waals surface area contributed by atoms with Crippen LogP contribution >= 0.6 is 0 Å². The molecule has 0 spiro atoms. The number of anilines is 1. The number of benzene rings is 1. The van der Waals surface area contributed by atoms with Gasteiger partial charge in [-0.05, 0) is 19.4 Å². The van der Waals surface area contributed by atoms with Crippen LogP contribution in [-0.2, 0) is 4.79 Å². The Morgan fingerprint density at radius 3 is 2.63 bits per heavy atom. The molecule has 0 aliphatic rings. The number of nitrogens with one attached hydrogen (secondary N) is 1. The summed E-state index contributed by atoms with van der Waals surface area (Å²) in [6, 6.07) is 3.06. The van der Waals surface area contributed by atoms with E-state index in [2.05, 4.69) is 5.32 Å². The number of nitrogens with zero attached hydrogens (tertiary/aromatic N) is 1. The molecule has 1 aromatic carbocycles. The van der Waals surface area contributed by atoms with Gasteiger partial charge in [0.2, 0.25) is 5.91 Å². The second-order valence-electron chi connectivity index (χ2n) is 4.49. The van der Waals surface area contributed by atoms with E-state index >= 15 is 0 Å². The van der Waals surface area contributed by atoms with Gasteiger partial charge in [-0.3, -0.25) is 14.9 Å². The van der Waals surface area contributed by atoms with Crippen molar-refractivity contribution in [3.8, 4) is 0 Å². The molecule has 0 fully saturated rings. The molecule has 1 amide bonds. The molecule has 19 heavy (non-hydrogen) atoms. The number of hydrogen-bond acceptors (Lipinski definition) is 4. The Hall–Kier alpha value is -2.02. The van der Waals surface area contributed by atoms with Crippen molar-refractivity contribution in [2.75, 3.05) is 11.9 Å². The van der Waals surface area contributed by atoms with Crippen molar-refractivity contribution in [1.29, 1.82) is 0 Å². The van der Waals surface area contributed by atoms with Gasteiger partial charge in [0.25, 0.3) is 5.69 Å². The van der Waals surface area contributed by atoms with Crippen LogP contribution in [0.5, 0.6) is 0 Å². The Bertz CT molecular complexity index is 501. The first-order chi connectivity index (χ1) is 8.84. The Balaban J connectivity index is 2.95. The monoisotopic (exact) mass is 269 g/mol. The summed E-state index contributed by atoms with van der Waals surface area (Å²) in [5.41, 5.74) is 4.27. The van der Waals surface area contributed by atoms with Crippen molar-refractivity contribution >= 4 is 17.3 Å². The molecule has 104 valence electrons. The average molecular weight is 269 g/mol. The highest BCUT2D eigenvalue weighted by Crippen LogP contribution is 2.25. The lowest BCUT2D eigenvalue weighted by molar-refractivity contribution is -0.385. The van der Waals surface area contributed by atoms with Gasteiger partial charge in [-0.1, -0.05) is 6.92 Å². The number of nitro groups is 1. The van der Waals surface area contributed by atoms with Gasteiger partial charge >= 0.3 is 0 Å². The smallest absolute Gasteiger partial charge is 0.272 e. The maximum absolute atomic E-state index is 13.6. The molecule has 0 saturated heterocycles. The van der Waals surface area contributed by atoms with Gasteiger partial charge in [-0.25, -0.2) is 4.39 Å². The summed E-state index contributed by atoms with van der Waals surface area (Å²) in [4.78, 5) is 21.7. The molecule has 0 heterocycles. The molecule has 1 atom stereocenters. The van der Waals surface area contributed by atoms with Gasteiger partial charge in [0.15, 0.2) is 5.82 Å². The number of nitrogens with two attached hydrogens (primary N) is 1. The third kappa shape index (κ3) is 3.25. The first kappa shape index (κ1) is 15.0. The maximum Gasteiger partial charge on any atom is 0.272 e. The number of halogens is 1. The highest BCUT2D eigenvalue weighted by molar-refractivity contribution is 5.95. The Morgan fingerprint density at radius 2 is 2.21 bits per heavy atom. The van der Waals surface area contributed by atoms with Crippen LogP contribution in [0.4, 0.5) is 15.8 Å². The van der Waals surface area contributed by atoms with Crippen molar-refractivity contribution < 1.29 is 14.1 Å². The Morgan fingerprint density at radius 1 is 1.58 bits per heavy atom. The topological polar surface area (TPSA) is 98.3 Å². The number of hydrogen-bond donors (Lipinski definition) is 2. The summed E-state index contributed by atoms with van der Waals surface area (Å²) >= 11 is 0. The third-order valence-electron chi connectivity index (χ3n) is 3.19. The zero-order valence-electron chi connectivity index (χ0n) is 10.8. The van der Waals surface area contributed by atoms with Gasteiger partial charge in [0, 0.05) is 12.6 Å². The van der Waals surface area contributed by atoms with Gasteiger partial charge in [-0.2, -0.15) is 0 Å². The van der Waals surface area contributed by atoms with E-state index in [0.29, 0.717) is 6.42 Å². The molecule has 1 aromatic rings. The van der Waals surface area contributed by atoms with Crippen LogP contribution in [0.1, 0.15) is 20.3 Å². The minimum absolute atomic E-state index is 0.0938. The van der Waals surface area contributed by atoms with Crippen molar-refractivity contribution in [3.05, 3.63) is 34.1 Å². The number of non-ortho nitro benzene ring substituents is 1. The van der Waals surface area contributed by atoms with E-state index in [-0.39, 0.29) is 17.9 Å². The normalized spacial score (nSPS) is 13.7. The van der Waals surface area contributed by atoms with Crippen LogP contribution in [-0.4, -0.2) is 17.4 Å². The molecule has 0 radical (unpaired) electrons. The van der Waals surface area contributed by atoms with Crippen LogP contribution in [0.25, 0.3) is 0 Å². The van der Waals surface area contributed by atoms with Crippen molar-refractivity contribution in [3.63, 3.8) is 0 Å². The molecular weight excluding hydrogens is 253 g/mol. The lowest BCUT2D eigenvalue weighted by Crippen LogP contribution is -2.39. The van der Waals surface area contributed by atoms with E-state index in [0.717, 1.165) is 18.2 Å². The molecule has 0 aromatic heterocycles. The standard InChI is InChI=1S/C12H16FN3O3/c1-3-12(2,7-14)11(17)15-10-5-4-8(16(18)19)6-9(10)13/h4-6H,3,7,14H2,1-2H3,(H,15,17). The van der Waals surface area contributed by atoms with Gasteiger partial charge in [-0.15, -0.1) is 0 Å². The quantitative estimate of drug-likeness (QED) is 0.631. The molecule has 1 rings (SSSR count). The second-order valence-corrected chi connectivity index (χ2v) is 4.49. The summed E-state index contributed by atoms with van der Waals surface area (Å²) in [6.07, 6.45) is 0.504. The predicted octanol–water partition coefficient (Wildman–Crippen LogP) is 2.05. The maximum atomic E-state index is 13.6.